The standard InChI is InChI=1S/C9H5Br2FN2O/c10-4-7-13-9(15-14-7)8-5(11)2-1-3-6(8)12/h1-3H,4H2. The van der Waals surface area contributed by atoms with Crippen molar-refractivity contribution in [3.8, 4) is 11.5 Å². The molecule has 0 unspecified atom stereocenters. The second kappa shape index (κ2) is 4.40. The Morgan fingerprint density at radius 2 is 2.20 bits per heavy atom. The number of hydrogen-bond donors (Lipinski definition) is 0. The van der Waals surface area contributed by atoms with Gasteiger partial charge in [-0.05, 0) is 28.1 Å². The van der Waals surface area contributed by atoms with Gasteiger partial charge >= 0.3 is 0 Å². The first kappa shape index (κ1) is 10.8. The zero-order valence-electron chi connectivity index (χ0n) is 7.38. The number of nitrogens with zero attached hydrogens (tertiary/aromatic N) is 2. The molecule has 6 heteroatoms. The van der Waals surface area contributed by atoms with Crippen LogP contribution in [-0.4, -0.2) is 10.1 Å². The smallest absolute Gasteiger partial charge is 0.262 e. The maximum atomic E-state index is 13.5. The van der Waals surface area contributed by atoms with Gasteiger partial charge in [-0.15, -0.1) is 0 Å². The van der Waals surface area contributed by atoms with Gasteiger partial charge in [0.15, 0.2) is 5.82 Å². The summed E-state index contributed by atoms with van der Waals surface area (Å²) in [7, 11) is 0. The third-order valence-corrected chi connectivity index (χ3v) is 2.93. The molecule has 0 bridgehead atoms. The molecule has 1 heterocycles. The molecule has 0 amide bonds. The molecular weight excluding hydrogens is 331 g/mol. The van der Waals surface area contributed by atoms with Crippen molar-refractivity contribution in [1.29, 1.82) is 0 Å². The van der Waals surface area contributed by atoms with Crippen LogP contribution in [0.5, 0.6) is 0 Å². The lowest BCUT2D eigenvalue weighted by molar-refractivity contribution is 0.422. The molecule has 0 saturated carbocycles. The van der Waals surface area contributed by atoms with Gasteiger partial charge in [-0.1, -0.05) is 27.2 Å². The first-order chi connectivity index (χ1) is 7.22. The SMILES string of the molecule is Fc1cccc(Br)c1-c1nc(CBr)no1. The molecule has 78 valence electrons. The third-order valence-electron chi connectivity index (χ3n) is 1.76. The number of halogens is 3. The van der Waals surface area contributed by atoms with Crippen LogP contribution in [0.15, 0.2) is 27.2 Å². The van der Waals surface area contributed by atoms with Crippen molar-refractivity contribution in [2.75, 3.05) is 0 Å². The van der Waals surface area contributed by atoms with Gasteiger partial charge in [-0.3, -0.25) is 0 Å². The van der Waals surface area contributed by atoms with E-state index in [1.165, 1.54) is 6.07 Å². The number of rotatable bonds is 2. The van der Waals surface area contributed by atoms with Crippen molar-refractivity contribution in [3.05, 3.63) is 34.3 Å². The van der Waals surface area contributed by atoms with Crippen molar-refractivity contribution in [3.63, 3.8) is 0 Å². The molecule has 0 N–H and O–H groups in total. The lowest BCUT2D eigenvalue weighted by Gasteiger charge is -1.99. The normalized spacial score (nSPS) is 10.6. The average Bonchev–Trinajstić information content (AvgIpc) is 2.66. The van der Waals surface area contributed by atoms with Crippen LogP contribution in [0, 0.1) is 5.82 Å². The number of benzene rings is 1. The molecule has 0 saturated heterocycles. The lowest BCUT2D eigenvalue weighted by atomic mass is 10.2. The van der Waals surface area contributed by atoms with Crippen molar-refractivity contribution in [2.24, 2.45) is 0 Å². The Balaban J connectivity index is 2.53. The summed E-state index contributed by atoms with van der Waals surface area (Å²) in [5.74, 6) is 0.267. The van der Waals surface area contributed by atoms with Gasteiger partial charge < -0.3 is 4.52 Å². The van der Waals surface area contributed by atoms with Crippen molar-refractivity contribution >= 4 is 31.9 Å². The van der Waals surface area contributed by atoms with E-state index in [1.54, 1.807) is 12.1 Å². The molecule has 0 aliphatic rings. The molecule has 1 aromatic carbocycles. The van der Waals surface area contributed by atoms with Crippen LogP contribution in [0.1, 0.15) is 5.82 Å². The number of hydrogen-bond acceptors (Lipinski definition) is 3. The highest BCUT2D eigenvalue weighted by atomic mass is 79.9. The van der Waals surface area contributed by atoms with Gasteiger partial charge in [0.05, 0.1) is 10.9 Å². The van der Waals surface area contributed by atoms with Gasteiger partial charge in [0.25, 0.3) is 5.89 Å². The van der Waals surface area contributed by atoms with E-state index in [9.17, 15) is 4.39 Å². The molecule has 0 atom stereocenters. The lowest BCUT2D eigenvalue weighted by Crippen LogP contribution is -1.86. The Morgan fingerprint density at radius 3 is 2.80 bits per heavy atom. The van der Waals surface area contributed by atoms with Crippen LogP contribution in [0.3, 0.4) is 0 Å². The zero-order chi connectivity index (χ0) is 10.8. The molecule has 0 radical (unpaired) electrons. The fourth-order valence-electron chi connectivity index (χ4n) is 1.11. The predicted molar refractivity (Wildman–Crippen MR) is 60.0 cm³/mol. The van der Waals surface area contributed by atoms with Crippen LogP contribution < -0.4 is 0 Å². The van der Waals surface area contributed by atoms with E-state index in [1.807, 2.05) is 0 Å². The van der Waals surface area contributed by atoms with Crippen molar-refractivity contribution in [1.82, 2.24) is 10.1 Å². The fourth-order valence-corrected chi connectivity index (χ4v) is 1.85. The maximum Gasteiger partial charge on any atom is 0.262 e. The second-order valence-corrected chi connectivity index (χ2v) is 4.16. The summed E-state index contributed by atoms with van der Waals surface area (Å²) < 4.78 is 19.0. The van der Waals surface area contributed by atoms with Gasteiger partial charge in [0, 0.05) is 4.47 Å². The monoisotopic (exact) mass is 334 g/mol. The third kappa shape index (κ3) is 2.10. The van der Waals surface area contributed by atoms with Gasteiger partial charge in [-0.25, -0.2) is 4.39 Å². The highest BCUT2D eigenvalue weighted by molar-refractivity contribution is 9.10. The molecule has 3 nitrogen and oxygen atoms in total. The summed E-state index contributed by atoms with van der Waals surface area (Å²) in [6.07, 6.45) is 0. The summed E-state index contributed by atoms with van der Waals surface area (Å²) in [6, 6.07) is 4.67. The molecule has 0 spiro atoms. The van der Waals surface area contributed by atoms with E-state index in [0.717, 1.165) is 0 Å². The molecule has 15 heavy (non-hydrogen) atoms. The molecule has 0 aliphatic carbocycles. The molecular formula is C9H5Br2FN2O. The minimum Gasteiger partial charge on any atom is -0.334 e. The summed E-state index contributed by atoms with van der Waals surface area (Å²) in [6.45, 7) is 0. The van der Waals surface area contributed by atoms with E-state index in [4.69, 9.17) is 4.52 Å². The van der Waals surface area contributed by atoms with Crippen LogP contribution in [0.25, 0.3) is 11.5 Å². The average molecular weight is 336 g/mol. The largest absolute Gasteiger partial charge is 0.334 e. The summed E-state index contributed by atoms with van der Waals surface area (Å²) in [5, 5.41) is 4.15. The van der Waals surface area contributed by atoms with Crippen LogP contribution >= 0.6 is 31.9 Å². The number of alkyl halides is 1. The predicted octanol–water partition coefficient (Wildman–Crippen LogP) is 3.53. The molecule has 0 aliphatic heterocycles. The Labute approximate surface area is 102 Å². The van der Waals surface area contributed by atoms with Crippen LogP contribution in [-0.2, 0) is 5.33 Å². The fraction of sp³-hybridized carbons (Fsp3) is 0.111. The maximum absolute atomic E-state index is 13.5. The Hall–Kier alpha value is -0.750. The van der Waals surface area contributed by atoms with Crippen LogP contribution in [0.4, 0.5) is 4.39 Å². The highest BCUT2D eigenvalue weighted by Gasteiger charge is 2.15. The number of aromatic nitrogens is 2. The Kier molecular flexibility index (Phi) is 3.16. The summed E-state index contributed by atoms with van der Waals surface area (Å²) in [5.41, 5.74) is 0.289. The first-order valence-electron chi connectivity index (χ1n) is 4.05. The minimum absolute atomic E-state index is 0.175. The van der Waals surface area contributed by atoms with Gasteiger partial charge in [0.2, 0.25) is 0 Å². The minimum atomic E-state index is -0.394. The topological polar surface area (TPSA) is 38.9 Å². The van der Waals surface area contributed by atoms with Crippen molar-refractivity contribution in [2.45, 2.75) is 5.33 Å². The highest BCUT2D eigenvalue weighted by Crippen LogP contribution is 2.29. The van der Waals surface area contributed by atoms with E-state index in [2.05, 4.69) is 42.0 Å². The second-order valence-electron chi connectivity index (χ2n) is 2.75. The molecule has 2 aromatic rings. The quantitative estimate of drug-likeness (QED) is 0.788. The first-order valence-corrected chi connectivity index (χ1v) is 5.96. The van der Waals surface area contributed by atoms with E-state index < -0.39 is 5.82 Å². The zero-order valence-corrected chi connectivity index (χ0v) is 10.5. The molecule has 0 fully saturated rings. The Morgan fingerprint density at radius 1 is 1.40 bits per heavy atom. The van der Waals surface area contributed by atoms with Gasteiger partial charge in [-0.2, -0.15) is 4.98 Å². The van der Waals surface area contributed by atoms with E-state index in [-0.39, 0.29) is 11.5 Å². The van der Waals surface area contributed by atoms with Crippen molar-refractivity contribution < 1.29 is 8.91 Å². The Bertz CT molecular complexity index is 466. The molecule has 2 rings (SSSR count). The van der Waals surface area contributed by atoms with E-state index >= 15 is 0 Å². The van der Waals surface area contributed by atoms with Gasteiger partial charge in [0.1, 0.15) is 5.82 Å². The van der Waals surface area contributed by atoms with Crippen LogP contribution in [0.2, 0.25) is 0 Å². The summed E-state index contributed by atoms with van der Waals surface area (Å²) in [4.78, 5) is 4.03. The summed E-state index contributed by atoms with van der Waals surface area (Å²) >= 11 is 6.43. The molecule has 1 aromatic heterocycles. The van der Waals surface area contributed by atoms with E-state index in [0.29, 0.717) is 15.6 Å².